The Morgan fingerprint density at radius 2 is 1.62 bits per heavy atom. The zero-order valence-electron chi connectivity index (χ0n) is 14.9. The minimum atomic E-state index is -4.56. The molecular weight excluding hydrogens is 411 g/mol. The van der Waals surface area contributed by atoms with E-state index in [1.54, 1.807) is 30.3 Å². The van der Waals surface area contributed by atoms with Gasteiger partial charge in [-0.05, 0) is 36.2 Å². The topological polar surface area (TPSA) is 104 Å². The molecule has 10 heteroatoms. The highest BCUT2D eigenvalue weighted by Crippen LogP contribution is 2.30. The summed E-state index contributed by atoms with van der Waals surface area (Å²) in [5.41, 5.74) is -1.06. The number of carbonyl (C=O) groups is 2. The number of hydrogen-bond acceptors (Lipinski definition) is 4. The maximum Gasteiger partial charge on any atom is 0.416 e. The van der Waals surface area contributed by atoms with Gasteiger partial charge in [0.25, 0.3) is 5.91 Å². The van der Waals surface area contributed by atoms with Crippen LogP contribution in [0.5, 0.6) is 0 Å². The molecule has 0 saturated carbocycles. The van der Waals surface area contributed by atoms with Gasteiger partial charge in [0.2, 0.25) is 0 Å². The van der Waals surface area contributed by atoms with Crippen LogP contribution in [0.2, 0.25) is 0 Å². The number of aliphatic carboxylic acids is 1. The zero-order valence-corrected chi connectivity index (χ0v) is 15.7. The number of nitrogens with one attached hydrogen (secondary N) is 1. The number of carboxylic acids is 1. The number of carbonyl (C=O) groups excluding carboxylic acids is 1. The molecule has 156 valence electrons. The van der Waals surface area contributed by atoms with Crippen LogP contribution in [0.1, 0.15) is 23.7 Å². The Morgan fingerprint density at radius 1 is 1.03 bits per heavy atom. The lowest BCUT2D eigenvalue weighted by Gasteiger charge is -2.18. The van der Waals surface area contributed by atoms with Crippen molar-refractivity contribution in [2.45, 2.75) is 29.6 Å². The van der Waals surface area contributed by atoms with E-state index in [4.69, 9.17) is 0 Å². The van der Waals surface area contributed by atoms with Gasteiger partial charge in [0.15, 0.2) is 6.10 Å². The van der Waals surface area contributed by atoms with E-state index >= 15 is 0 Å². The lowest BCUT2D eigenvalue weighted by Crippen LogP contribution is -2.43. The normalized spacial score (nSPS) is 14.6. The molecule has 0 unspecified atom stereocenters. The first-order valence-electron chi connectivity index (χ1n) is 8.41. The first kappa shape index (κ1) is 22.6. The van der Waals surface area contributed by atoms with Gasteiger partial charge < -0.3 is 15.5 Å². The van der Waals surface area contributed by atoms with E-state index in [-0.39, 0.29) is 17.7 Å². The molecule has 0 spiro atoms. The highest BCUT2D eigenvalue weighted by atomic mass is 32.2. The molecule has 0 aliphatic heterocycles. The summed E-state index contributed by atoms with van der Waals surface area (Å²) in [7, 11) is -1.48. The van der Waals surface area contributed by atoms with Gasteiger partial charge in [0.1, 0.15) is 6.04 Å². The molecule has 0 radical (unpaired) electrons. The van der Waals surface area contributed by atoms with Gasteiger partial charge in [-0.15, -0.1) is 0 Å². The molecule has 0 aliphatic rings. The summed E-state index contributed by atoms with van der Waals surface area (Å²) < 4.78 is 49.9. The molecule has 3 atom stereocenters. The van der Waals surface area contributed by atoms with Crippen molar-refractivity contribution in [3.05, 3.63) is 65.7 Å². The van der Waals surface area contributed by atoms with Gasteiger partial charge in [0, 0.05) is 10.6 Å². The molecule has 6 nitrogen and oxygen atoms in total. The fraction of sp³-hybridized carbons (Fsp3) is 0.263. The summed E-state index contributed by atoms with van der Waals surface area (Å²) in [4.78, 5) is 24.0. The van der Waals surface area contributed by atoms with E-state index in [1.165, 1.54) is 0 Å². The lowest BCUT2D eigenvalue weighted by molar-refractivity contribution is -0.143. The van der Waals surface area contributed by atoms with Crippen LogP contribution in [0.3, 0.4) is 0 Å². The highest BCUT2D eigenvalue weighted by molar-refractivity contribution is 7.85. The molecule has 0 fully saturated rings. The number of rotatable bonds is 8. The second-order valence-corrected chi connectivity index (χ2v) is 7.64. The van der Waals surface area contributed by atoms with Gasteiger partial charge >= 0.3 is 12.1 Å². The third kappa shape index (κ3) is 6.40. The van der Waals surface area contributed by atoms with Crippen molar-refractivity contribution in [2.24, 2.45) is 0 Å². The number of carboxylic acid groups (broad SMARTS) is 1. The van der Waals surface area contributed by atoms with Gasteiger partial charge in [-0.25, -0.2) is 4.79 Å². The summed E-state index contributed by atoms with van der Waals surface area (Å²) in [6.45, 7) is 0. The average molecular weight is 429 g/mol. The second-order valence-electron chi connectivity index (χ2n) is 6.07. The molecule has 1 amide bonds. The van der Waals surface area contributed by atoms with Crippen LogP contribution in [0.4, 0.5) is 13.2 Å². The summed E-state index contributed by atoms with van der Waals surface area (Å²) in [5, 5.41) is 21.4. The molecule has 29 heavy (non-hydrogen) atoms. The van der Waals surface area contributed by atoms with Crippen molar-refractivity contribution < 1.29 is 37.2 Å². The maximum absolute atomic E-state index is 12.6. The summed E-state index contributed by atoms with van der Waals surface area (Å²) in [6.07, 6.45) is -6.57. The van der Waals surface area contributed by atoms with Crippen molar-refractivity contribution in [1.29, 1.82) is 0 Å². The molecule has 2 aromatic carbocycles. The van der Waals surface area contributed by atoms with E-state index in [9.17, 15) is 37.2 Å². The second kappa shape index (κ2) is 9.66. The molecular formula is C19H18F3NO5S. The van der Waals surface area contributed by atoms with E-state index in [1.807, 2.05) is 0 Å². The Morgan fingerprint density at radius 3 is 2.14 bits per heavy atom. The van der Waals surface area contributed by atoms with Crippen molar-refractivity contribution >= 4 is 22.7 Å². The van der Waals surface area contributed by atoms with Crippen molar-refractivity contribution in [3.8, 4) is 0 Å². The van der Waals surface area contributed by atoms with Crippen LogP contribution in [-0.4, -0.2) is 38.1 Å². The number of hydrogen-bond donors (Lipinski definition) is 3. The molecule has 3 N–H and O–H groups in total. The minimum absolute atomic E-state index is 0.0440. The fourth-order valence-corrected chi connectivity index (χ4v) is 3.57. The molecule has 2 rings (SSSR count). The van der Waals surface area contributed by atoms with E-state index in [0.29, 0.717) is 17.0 Å². The van der Waals surface area contributed by atoms with Gasteiger partial charge in [-0.2, -0.15) is 13.2 Å². The quantitative estimate of drug-likeness (QED) is 0.598. The van der Waals surface area contributed by atoms with E-state index in [0.717, 1.165) is 12.1 Å². The highest BCUT2D eigenvalue weighted by Gasteiger charge is 2.31. The van der Waals surface area contributed by atoms with Crippen molar-refractivity contribution in [1.82, 2.24) is 5.32 Å². The number of alkyl halides is 3. The molecule has 0 aromatic heterocycles. The maximum atomic E-state index is 12.6. The molecule has 0 aliphatic carbocycles. The van der Waals surface area contributed by atoms with Gasteiger partial charge in [-0.3, -0.25) is 9.00 Å². The first-order valence-corrected chi connectivity index (χ1v) is 9.73. The number of aliphatic hydroxyl groups is 1. The average Bonchev–Trinajstić information content (AvgIpc) is 2.70. The smallest absolute Gasteiger partial charge is 0.416 e. The summed E-state index contributed by atoms with van der Waals surface area (Å²) in [6, 6.07) is 10.2. The fourth-order valence-electron chi connectivity index (χ4n) is 2.43. The Hall–Kier alpha value is -2.72. The SMILES string of the molecule is O=C(O)[C@@H](CC[S@@](=O)c1ccccc1)NC(=O)[C@H](O)c1ccc(C(F)(F)F)cc1. The Bertz CT molecular complexity index is 872. The molecule has 2 aromatic rings. The predicted octanol–water partition coefficient (Wildman–Crippen LogP) is 2.51. The molecule has 0 bridgehead atoms. The summed E-state index contributed by atoms with van der Waals surface area (Å²) in [5.74, 6) is -2.51. The number of amides is 1. The van der Waals surface area contributed by atoms with Gasteiger partial charge in [-0.1, -0.05) is 30.3 Å². The minimum Gasteiger partial charge on any atom is -0.480 e. The molecule has 0 saturated heterocycles. The largest absolute Gasteiger partial charge is 0.480 e. The van der Waals surface area contributed by atoms with E-state index in [2.05, 4.69) is 5.32 Å². The Labute approximate surface area is 166 Å². The van der Waals surface area contributed by atoms with Crippen LogP contribution in [0, 0.1) is 0 Å². The van der Waals surface area contributed by atoms with Crippen LogP contribution in [0.15, 0.2) is 59.5 Å². The summed E-state index contributed by atoms with van der Waals surface area (Å²) >= 11 is 0. The standard InChI is InChI=1S/C19H18F3NO5S/c20-19(21,22)13-8-6-12(7-9-13)16(24)17(25)23-15(18(26)27)10-11-29(28)14-4-2-1-3-5-14/h1-9,15-16,24H,10-11H2,(H,23,25)(H,26,27)/t15-,16-,29-/m1/s1. The monoisotopic (exact) mass is 429 g/mol. The Balaban J connectivity index is 1.99. The Kier molecular flexibility index (Phi) is 7.52. The van der Waals surface area contributed by atoms with Crippen molar-refractivity contribution in [3.63, 3.8) is 0 Å². The number of halogens is 3. The molecule has 0 heterocycles. The third-order valence-corrected chi connectivity index (χ3v) is 5.42. The first-order chi connectivity index (χ1) is 13.6. The van der Waals surface area contributed by atoms with Crippen LogP contribution < -0.4 is 5.32 Å². The third-order valence-electron chi connectivity index (χ3n) is 4.01. The van der Waals surface area contributed by atoms with Gasteiger partial charge in [0.05, 0.1) is 16.4 Å². The predicted molar refractivity (Wildman–Crippen MR) is 98.3 cm³/mol. The lowest BCUT2D eigenvalue weighted by atomic mass is 10.1. The van der Waals surface area contributed by atoms with Crippen LogP contribution in [0.25, 0.3) is 0 Å². The van der Waals surface area contributed by atoms with Crippen LogP contribution >= 0.6 is 0 Å². The van der Waals surface area contributed by atoms with Crippen molar-refractivity contribution in [2.75, 3.05) is 5.75 Å². The van der Waals surface area contributed by atoms with E-state index < -0.39 is 46.6 Å². The number of aliphatic hydroxyl groups excluding tert-OH is 1. The zero-order chi connectivity index (χ0) is 21.6. The van der Waals surface area contributed by atoms with Crippen LogP contribution in [-0.2, 0) is 26.6 Å². The number of benzene rings is 2.